The third-order valence-corrected chi connectivity index (χ3v) is 9.17. The van der Waals surface area contributed by atoms with E-state index in [0.29, 0.717) is 50.7 Å². The Balaban J connectivity index is 2.00. The van der Waals surface area contributed by atoms with E-state index in [4.69, 9.17) is 28.8 Å². The first kappa shape index (κ1) is 40.4. The molecule has 3 rings (SSSR count). The van der Waals surface area contributed by atoms with Crippen molar-refractivity contribution in [3.63, 3.8) is 0 Å². The zero-order chi connectivity index (χ0) is 38.4. The first-order chi connectivity index (χ1) is 23.6. The standard InChI is InChI=1S/C27H37ClN12O9S2/c1-5-40-24(42)21(23(30)41)14(2)22(25(40)43)37-36-18-13-19(50(44,45)46)17(12-20(18)51(47,48)49)33-16(4)34-27(35-26(28)31)32-6-7-38-8-10-39(11-9-38)15(3)29/h12-13,33,42H,3-11,29H2,1-2H3,(H2,30,41)(H,44,45,46)(H,47,48,49)(H3,31,32,34,35). The molecule has 0 bridgehead atoms. The predicted octanol–water partition coefficient (Wildman–Crippen LogP) is 0.320. The highest BCUT2D eigenvalue weighted by Crippen LogP contribution is 2.35. The predicted molar refractivity (Wildman–Crippen MR) is 189 cm³/mol. The van der Waals surface area contributed by atoms with Crippen LogP contribution in [0.3, 0.4) is 0 Å². The van der Waals surface area contributed by atoms with E-state index >= 15 is 0 Å². The Kier molecular flexibility index (Phi) is 12.9. The summed E-state index contributed by atoms with van der Waals surface area (Å²) in [6.07, 6.45) is 0. The van der Waals surface area contributed by atoms with Crippen LogP contribution in [0.2, 0.25) is 0 Å². The van der Waals surface area contributed by atoms with Crippen molar-refractivity contribution < 1.29 is 35.8 Å². The number of nitrogens with zero attached hydrogens (tertiary/aromatic N) is 7. The van der Waals surface area contributed by atoms with Crippen LogP contribution in [0.5, 0.6) is 5.88 Å². The second kappa shape index (κ2) is 16.3. The first-order valence-corrected chi connectivity index (χ1v) is 17.9. The fraction of sp³-hybridized carbons (Fsp3) is 0.333. The molecule has 1 aromatic carbocycles. The van der Waals surface area contributed by atoms with Gasteiger partial charge in [-0.1, -0.05) is 13.2 Å². The van der Waals surface area contributed by atoms with Crippen LogP contribution < -0.4 is 33.4 Å². The molecule has 0 saturated carbocycles. The number of aliphatic imine (C=N–C) groups is 2. The van der Waals surface area contributed by atoms with Crippen LogP contribution in [0.15, 0.2) is 71.7 Å². The third-order valence-electron chi connectivity index (χ3n) is 7.31. The molecule has 1 aliphatic heterocycles. The fourth-order valence-electron chi connectivity index (χ4n) is 4.85. The molecule has 21 nitrogen and oxygen atoms in total. The van der Waals surface area contributed by atoms with Crippen LogP contribution in [0, 0.1) is 6.92 Å². The highest BCUT2D eigenvalue weighted by atomic mass is 35.5. The Morgan fingerprint density at radius 3 is 2.14 bits per heavy atom. The first-order valence-electron chi connectivity index (χ1n) is 14.6. The minimum absolute atomic E-state index is 0.145. The molecule has 2 aromatic rings. The summed E-state index contributed by atoms with van der Waals surface area (Å²) in [6.45, 7) is 13.3. The molecule has 0 radical (unpaired) electrons. The lowest BCUT2D eigenvalue weighted by molar-refractivity contribution is 0.0995. The number of amides is 1. The van der Waals surface area contributed by atoms with Crippen LogP contribution in [0.1, 0.15) is 22.8 Å². The molecule has 1 aliphatic rings. The van der Waals surface area contributed by atoms with Crippen LogP contribution in [0.4, 0.5) is 17.1 Å². The molecule has 24 heteroatoms. The summed E-state index contributed by atoms with van der Waals surface area (Å²) >= 11 is 5.74. The Morgan fingerprint density at radius 2 is 1.63 bits per heavy atom. The van der Waals surface area contributed by atoms with Gasteiger partial charge in [0.25, 0.3) is 31.7 Å². The minimum atomic E-state index is -5.21. The van der Waals surface area contributed by atoms with Gasteiger partial charge in [0, 0.05) is 44.8 Å². The maximum atomic E-state index is 13.0. The van der Waals surface area contributed by atoms with Crippen LogP contribution in [0.25, 0.3) is 0 Å². The minimum Gasteiger partial charge on any atom is -0.494 e. The average Bonchev–Trinajstić information content (AvgIpc) is 3.00. The van der Waals surface area contributed by atoms with E-state index in [1.165, 1.54) is 13.8 Å². The average molecular weight is 773 g/mol. The number of primary amides is 1. The fourth-order valence-corrected chi connectivity index (χ4v) is 6.21. The smallest absolute Gasteiger partial charge is 0.296 e. The van der Waals surface area contributed by atoms with Gasteiger partial charge in [-0.2, -0.15) is 21.8 Å². The van der Waals surface area contributed by atoms with Crippen molar-refractivity contribution in [1.29, 1.82) is 0 Å². The van der Waals surface area contributed by atoms with Gasteiger partial charge in [-0.25, -0.2) is 4.99 Å². The Bertz CT molecular complexity index is 2100. The van der Waals surface area contributed by atoms with Gasteiger partial charge in [0.1, 0.15) is 26.9 Å². The van der Waals surface area contributed by atoms with E-state index in [0.717, 1.165) is 4.57 Å². The van der Waals surface area contributed by atoms with Crippen molar-refractivity contribution in [3.8, 4) is 5.88 Å². The second-order valence-electron chi connectivity index (χ2n) is 10.7. The lowest BCUT2D eigenvalue weighted by Crippen LogP contribution is -2.47. The van der Waals surface area contributed by atoms with E-state index in [-0.39, 0.29) is 30.4 Å². The zero-order valence-corrected chi connectivity index (χ0v) is 29.8. The monoisotopic (exact) mass is 772 g/mol. The third kappa shape index (κ3) is 10.2. The number of anilines is 1. The molecule has 11 N–H and O–H groups in total. The molecular formula is C27H37ClN12O9S2. The molecular weight excluding hydrogens is 736 g/mol. The summed E-state index contributed by atoms with van der Waals surface area (Å²) < 4.78 is 70.5. The summed E-state index contributed by atoms with van der Waals surface area (Å²) in [4.78, 5) is 35.2. The molecule has 1 saturated heterocycles. The number of guanidine groups is 1. The van der Waals surface area contributed by atoms with Gasteiger partial charge in [0.05, 0.1) is 18.1 Å². The van der Waals surface area contributed by atoms with Crippen molar-refractivity contribution in [2.75, 3.05) is 44.6 Å². The molecule has 2 heterocycles. The number of nitrogens with one attached hydrogen (secondary N) is 2. The number of carbonyl (C=O) groups excluding carboxylic acids is 1. The number of carbonyl (C=O) groups is 1. The largest absolute Gasteiger partial charge is 0.494 e. The Hall–Kier alpha value is -5.07. The highest BCUT2D eigenvalue weighted by Gasteiger charge is 2.26. The Morgan fingerprint density at radius 1 is 1.02 bits per heavy atom. The maximum absolute atomic E-state index is 13.0. The maximum Gasteiger partial charge on any atom is 0.296 e. The zero-order valence-electron chi connectivity index (χ0n) is 27.4. The normalized spacial score (nSPS) is 14.9. The molecule has 0 spiro atoms. The number of nitrogens with two attached hydrogens (primary N) is 3. The van der Waals surface area contributed by atoms with Crippen LogP contribution in [-0.2, 0) is 26.8 Å². The van der Waals surface area contributed by atoms with Crippen molar-refractivity contribution in [2.24, 2.45) is 37.4 Å². The van der Waals surface area contributed by atoms with E-state index in [1.807, 2.05) is 4.90 Å². The van der Waals surface area contributed by atoms with Gasteiger partial charge in [-0.05, 0) is 37.6 Å². The molecule has 1 amide bonds. The van der Waals surface area contributed by atoms with Gasteiger partial charge >= 0.3 is 0 Å². The summed E-state index contributed by atoms with van der Waals surface area (Å²) in [6, 6.07) is 1.12. The molecule has 278 valence electrons. The SMILES string of the molecule is C=C(NC(N=C(N)Cl)=NCCN1CCN(C(=C)N)CC1)Nc1cc(S(=O)(=O)O)c(N=Nc2c(C)c(C(N)=O)c(O)n(CC)c2=O)cc1S(=O)(=O)O. The van der Waals surface area contributed by atoms with Crippen molar-refractivity contribution >= 4 is 66.1 Å². The van der Waals surface area contributed by atoms with E-state index < -0.39 is 75.3 Å². The summed E-state index contributed by atoms with van der Waals surface area (Å²) in [7, 11) is -10.4. The second-order valence-corrected chi connectivity index (χ2v) is 13.9. The van der Waals surface area contributed by atoms with Gasteiger partial charge < -0.3 is 37.8 Å². The van der Waals surface area contributed by atoms with Crippen molar-refractivity contribution in [1.82, 2.24) is 19.7 Å². The van der Waals surface area contributed by atoms with Gasteiger partial charge in [-0.15, -0.1) is 10.2 Å². The van der Waals surface area contributed by atoms with Gasteiger partial charge in [0.15, 0.2) is 11.0 Å². The Labute approximate surface area is 297 Å². The van der Waals surface area contributed by atoms with Crippen LogP contribution >= 0.6 is 11.6 Å². The quantitative estimate of drug-likeness (QED) is 0.0447. The van der Waals surface area contributed by atoms with Crippen molar-refractivity contribution in [2.45, 2.75) is 30.2 Å². The number of amidine groups is 1. The van der Waals surface area contributed by atoms with Gasteiger partial charge in [0.2, 0.25) is 11.8 Å². The van der Waals surface area contributed by atoms with E-state index in [2.05, 4.69) is 48.9 Å². The molecule has 0 unspecified atom stereocenters. The number of piperazine rings is 1. The molecule has 1 fully saturated rings. The van der Waals surface area contributed by atoms with E-state index in [9.17, 15) is 40.6 Å². The van der Waals surface area contributed by atoms with Gasteiger partial charge in [-0.3, -0.25) is 28.2 Å². The number of benzene rings is 1. The number of hydrogen-bond acceptors (Lipinski definition) is 14. The number of hydrogen-bond donors (Lipinski definition) is 8. The number of aromatic nitrogens is 1. The lowest BCUT2D eigenvalue weighted by Gasteiger charge is -2.35. The molecule has 51 heavy (non-hydrogen) atoms. The molecule has 0 atom stereocenters. The molecule has 0 aliphatic carbocycles. The summed E-state index contributed by atoms with van der Waals surface area (Å²) in [5, 5.41) is 22.3. The lowest BCUT2D eigenvalue weighted by atomic mass is 10.1. The summed E-state index contributed by atoms with van der Waals surface area (Å²) in [5.41, 5.74) is 12.8. The number of aromatic hydroxyl groups is 1. The van der Waals surface area contributed by atoms with Crippen molar-refractivity contribution in [3.05, 3.63) is 58.4 Å². The highest BCUT2D eigenvalue weighted by molar-refractivity contribution is 7.86. The number of azo groups is 1. The molecule has 1 aromatic heterocycles. The van der Waals surface area contributed by atoms with E-state index in [1.54, 1.807) is 0 Å². The topological polar surface area (TPSA) is 326 Å². The number of halogens is 1. The summed E-state index contributed by atoms with van der Waals surface area (Å²) in [5.74, 6) is -1.85. The van der Waals surface area contributed by atoms with Crippen LogP contribution in [-0.4, -0.2) is 102 Å². The number of pyridine rings is 1. The number of rotatable bonds is 13.